The summed E-state index contributed by atoms with van der Waals surface area (Å²) >= 11 is 3.49. The molecule has 0 radical (unpaired) electrons. The van der Waals surface area contributed by atoms with Crippen molar-refractivity contribution in [1.82, 2.24) is 10.3 Å². The van der Waals surface area contributed by atoms with Gasteiger partial charge in [-0.2, -0.15) is 0 Å². The van der Waals surface area contributed by atoms with Gasteiger partial charge in [0, 0.05) is 27.5 Å². The number of amides is 1. The highest BCUT2D eigenvalue weighted by molar-refractivity contribution is 9.10. The standard InChI is InChI=1S/C28H25BrN2O4/c1-17-24(20-15-19(29)13-14-22(20)31-25(17)18-9-5-4-6-10-18)26(32)30-16-28(2,27(33)34)21-11-7-8-12-23(21)35-3/h4-15H,16H2,1-3H3,(H,30,32)(H,33,34)/t28-/m0/s1. The van der Waals surface area contributed by atoms with Crippen LogP contribution in [-0.4, -0.2) is 35.6 Å². The molecule has 3 aromatic carbocycles. The second kappa shape index (κ2) is 9.88. The first-order valence-electron chi connectivity index (χ1n) is 11.1. The highest BCUT2D eigenvalue weighted by atomic mass is 79.9. The molecule has 0 saturated carbocycles. The van der Waals surface area contributed by atoms with Gasteiger partial charge in [0.1, 0.15) is 11.2 Å². The lowest BCUT2D eigenvalue weighted by molar-refractivity contribution is -0.143. The molecule has 0 aliphatic rings. The number of rotatable bonds is 7. The van der Waals surface area contributed by atoms with E-state index in [4.69, 9.17) is 9.72 Å². The smallest absolute Gasteiger partial charge is 0.315 e. The van der Waals surface area contributed by atoms with E-state index < -0.39 is 11.4 Å². The Morgan fingerprint density at radius 3 is 2.43 bits per heavy atom. The first kappa shape index (κ1) is 24.4. The Bertz CT molecular complexity index is 1420. The zero-order valence-electron chi connectivity index (χ0n) is 19.6. The van der Waals surface area contributed by atoms with Gasteiger partial charge in [-0.1, -0.05) is 64.5 Å². The number of hydrogen-bond acceptors (Lipinski definition) is 4. The van der Waals surface area contributed by atoms with E-state index in [1.54, 1.807) is 31.2 Å². The summed E-state index contributed by atoms with van der Waals surface area (Å²) in [5.41, 5.74) is 2.54. The van der Waals surface area contributed by atoms with E-state index in [1.165, 1.54) is 7.11 Å². The molecule has 0 unspecified atom stereocenters. The van der Waals surface area contributed by atoms with Gasteiger partial charge < -0.3 is 15.2 Å². The third kappa shape index (κ3) is 4.64. The maximum Gasteiger partial charge on any atom is 0.315 e. The lowest BCUT2D eigenvalue weighted by Gasteiger charge is -2.27. The number of pyridine rings is 1. The fraction of sp³-hybridized carbons (Fsp3) is 0.179. The summed E-state index contributed by atoms with van der Waals surface area (Å²) in [5, 5.41) is 13.7. The van der Waals surface area contributed by atoms with Crippen molar-refractivity contribution in [2.75, 3.05) is 13.7 Å². The normalized spacial score (nSPS) is 12.7. The van der Waals surface area contributed by atoms with Crippen molar-refractivity contribution in [3.05, 3.63) is 94.0 Å². The van der Waals surface area contributed by atoms with Crippen molar-refractivity contribution in [3.63, 3.8) is 0 Å². The highest BCUT2D eigenvalue weighted by Gasteiger charge is 2.38. The minimum atomic E-state index is -1.40. The van der Waals surface area contributed by atoms with Crippen LogP contribution in [0.5, 0.6) is 5.75 Å². The number of carboxylic acids is 1. The van der Waals surface area contributed by atoms with Gasteiger partial charge in [-0.3, -0.25) is 9.59 Å². The van der Waals surface area contributed by atoms with E-state index in [9.17, 15) is 14.7 Å². The second-order valence-electron chi connectivity index (χ2n) is 8.51. The Hall–Kier alpha value is -3.71. The molecule has 7 heteroatoms. The van der Waals surface area contributed by atoms with E-state index in [2.05, 4.69) is 21.2 Å². The van der Waals surface area contributed by atoms with Crippen LogP contribution in [0, 0.1) is 6.92 Å². The maximum atomic E-state index is 13.7. The number of methoxy groups -OCH3 is 1. The zero-order chi connectivity index (χ0) is 25.2. The predicted octanol–water partition coefficient (Wildman–Crippen LogP) is 5.75. The van der Waals surface area contributed by atoms with Crippen molar-refractivity contribution in [2.24, 2.45) is 0 Å². The van der Waals surface area contributed by atoms with Crippen LogP contribution >= 0.6 is 15.9 Å². The number of carboxylic acid groups (broad SMARTS) is 1. The van der Waals surface area contributed by atoms with Gasteiger partial charge in [0.15, 0.2) is 0 Å². The van der Waals surface area contributed by atoms with E-state index in [-0.39, 0.29) is 12.5 Å². The lowest BCUT2D eigenvalue weighted by atomic mass is 9.81. The molecule has 1 heterocycles. The molecule has 0 fully saturated rings. The van der Waals surface area contributed by atoms with E-state index >= 15 is 0 Å². The molecule has 0 aliphatic carbocycles. The number of aromatic nitrogens is 1. The Morgan fingerprint density at radius 1 is 1.06 bits per heavy atom. The molecule has 1 amide bonds. The maximum absolute atomic E-state index is 13.7. The van der Waals surface area contributed by atoms with E-state index in [1.807, 2.05) is 55.5 Å². The average molecular weight is 533 g/mol. The lowest BCUT2D eigenvalue weighted by Crippen LogP contribution is -2.44. The third-order valence-corrected chi connectivity index (χ3v) is 6.73. The SMILES string of the molecule is COc1ccccc1[C@](C)(CNC(=O)c1c(C)c(-c2ccccc2)nc2ccc(Br)cc12)C(=O)O. The summed E-state index contributed by atoms with van der Waals surface area (Å²) in [4.78, 5) is 30.9. The number of carbonyl (C=O) groups excluding carboxylic acids is 1. The Labute approximate surface area is 212 Å². The fourth-order valence-corrected chi connectivity index (χ4v) is 4.59. The van der Waals surface area contributed by atoms with Gasteiger partial charge in [0.05, 0.1) is 23.9 Å². The monoisotopic (exact) mass is 532 g/mol. The van der Waals surface area contributed by atoms with Crippen molar-refractivity contribution in [1.29, 1.82) is 0 Å². The third-order valence-electron chi connectivity index (χ3n) is 6.24. The average Bonchev–Trinajstić information content (AvgIpc) is 2.87. The number of para-hydroxylation sites is 1. The Kier molecular flexibility index (Phi) is 6.89. The number of halogens is 1. The van der Waals surface area contributed by atoms with Crippen LogP contribution in [0.4, 0.5) is 0 Å². The summed E-state index contributed by atoms with van der Waals surface area (Å²) in [6.07, 6.45) is 0. The molecule has 178 valence electrons. The topological polar surface area (TPSA) is 88.5 Å². The molecule has 0 aliphatic heterocycles. The number of benzene rings is 3. The molecule has 1 atom stereocenters. The Balaban J connectivity index is 1.79. The molecule has 35 heavy (non-hydrogen) atoms. The van der Waals surface area contributed by atoms with Crippen LogP contribution in [-0.2, 0) is 10.2 Å². The number of nitrogens with zero attached hydrogens (tertiary/aromatic N) is 1. The van der Waals surface area contributed by atoms with Gasteiger partial charge in [-0.05, 0) is 43.7 Å². The molecule has 6 nitrogen and oxygen atoms in total. The first-order valence-corrected chi connectivity index (χ1v) is 11.9. The largest absolute Gasteiger partial charge is 0.496 e. The molecular formula is C28H25BrN2O4. The molecule has 0 saturated heterocycles. The molecule has 2 N–H and O–H groups in total. The summed E-state index contributed by atoms with van der Waals surface area (Å²) < 4.78 is 6.22. The molecule has 4 rings (SSSR count). The van der Waals surface area contributed by atoms with E-state index in [0.29, 0.717) is 39.0 Å². The van der Waals surface area contributed by atoms with Crippen LogP contribution in [0.2, 0.25) is 0 Å². The number of aliphatic carboxylic acids is 1. The van der Waals surface area contributed by atoms with Crippen molar-refractivity contribution < 1.29 is 19.4 Å². The molecule has 1 aromatic heterocycles. The molecule has 0 bridgehead atoms. The minimum Gasteiger partial charge on any atom is -0.496 e. The highest BCUT2D eigenvalue weighted by Crippen LogP contribution is 2.33. The summed E-state index contributed by atoms with van der Waals surface area (Å²) in [5.74, 6) is -0.980. The van der Waals surface area contributed by atoms with Gasteiger partial charge in [-0.15, -0.1) is 0 Å². The number of ether oxygens (including phenoxy) is 1. The summed E-state index contributed by atoms with van der Waals surface area (Å²) in [7, 11) is 1.50. The minimum absolute atomic E-state index is 0.126. The van der Waals surface area contributed by atoms with Crippen molar-refractivity contribution in [3.8, 4) is 17.0 Å². The predicted molar refractivity (Wildman–Crippen MR) is 140 cm³/mol. The van der Waals surface area contributed by atoms with Crippen LogP contribution < -0.4 is 10.1 Å². The van der Waals surface area contributed by atoms with Crippen LogP contribution in [0.3, 0.4) is 0 Å². The van der Waals surface area contributed by atoms with Crippen molar-refractivity contribution >= 4 is 38.7 Å². The molecule has 0 spiro atoms. The first-order chi connectivity index (χ1) is 16.8. The zero-order valence-corrected chi connectivity index (χ0v) is 21.2. The fourth-order valence-electron chi connectivity index (χ4n) is 4.23. The van der Waals surface area contributed by atoms with Crippen LogP contribution in [0.1, 0.15) is 28.4 Å². The second-order valence-corrected chi connectivity index (χ2v) is 9.42. The van der Waals surface area contributed by atoms with Gasteiger partial charge in [-0.25, -0.2) is 4.98 Å². The number of nitrogens with one attached hydrogen (secondary N) is 1. The van der Waals surface area contributed by atoms with Gasteiger partial charge in [0.25, 0.3) is 5.91 Å². The summed E-state index contributed by atoms with van der Waals surface area (Å²) in [6, 6.07) is 22.2. The van der Waals surface area contributed by atoms with E-state index in [0.717, 1.165) is 10.0 Å². The Morgan fingerprint density at radius 2 is 1.74 bits per heavy atom. The van der Waals surface area contributed by atoms with Gasteiger partial charge in [0.2, 0.25) is 0 Å². The quantitative estimate of drug-likeness (QED) is 0.316. The van der Waals surface area contributed by atoms with Crippen LogP contribution in [0.25, 0.3) is 22.2 Å². The van der Waals surface area contributed by atoms with Crippen LogP contribution in [0.15, 0.2) is 77.3 Å². The van der Waals surface area contributed by atoms with Crippen molar-refractivity contribution in [2.45, 2.75) is 19.3 Å². The molecular weight excluding hydrogens is 508 g/mol. The number of carbonyl (C=O) groups is 2. The summed E-state index contributed by atoms with van der Waals surface area (Å²) in [6.45, 7) is 3.32. The van der Waals surface area contributed by atoms with Gasteiger partial charge >= 0.3 is 5.97 Å². The molecule has 4 aromatic rings. The number of hydrogen-bond donors (Lipinski definition) is 2. The number of fused-ring (bicyclic) bond motifs is 1.